The number of nitrogens with one attached hydrogen (secondary N) is 1. The summed E-state index contributed by atoms with van der Waals surface area (Å²) < 4.78 is 40.1. The molecule has 206 valence electrons. The number of hydrogen-bond donors (Lipinski definition) is 1. The van der Waals surface area contributed by atoms with Crippen molar-refractivity contribution in [3.05, 3.63) is 52.3 Å². The zero-order chi connectivity index (χ0) is 27.0. The quantitative estimate of drug-likeness (QED) is 0.478. The van der Waals surface area contributed by atoms with Crippen LogP contribution in [0, 0.1) is 12.8 Å². The molecule has 1 aromatic heterocycles. The topological polar surface area (TPSA) is 48.5 Å². The summed E-state index contributed by atoms with van der Waals surface area (Å²) in [5, 5.41) is 3.62. The molecule has 2 aromatic rings. The van der Waals surface area contributed by atoms with E-state index in [2.05, 4.69) is 44.3 Å². The zero-order valence-electron chi connectivity index (χ0n) is 22.7. The smallest absolute Gasteiger partial charge is 0.324 e. The van der Waals surface area contributed by atoms with E-state index in [0.717, 1.165) is 48.2 Å². The number of carbonyl (C=O) groups excluding carboxylic acids is 1. The van der Waals surface area contributed by atoms with Gasteiger partial charge in [-0.15, -0.1) is 0 Å². The fraction of sp³-hybridized carbons (Fsp3) is 0.600. The van der Waals surface area contributed by atoms with E-state index in [1.165, 1.54) is 21.6 Å². The van der Waals surface area contributed by atoms with Gasteiger partial charge in [-0.05, 0) is 97.9 Å². The Morgan fingerprint density at radius 3 is 2.66 bits per heavy atom. The number of alkyl halides is 3. The summed E-state index contributed by atoms with van der Waals surface area (Å²) in [7, 11) is 0. The van der Waals surface area contributed by atoms with E-state index in [4.69, 9.17) is 4.98 Å². The van der Waals surface area contributed by atoms with Crippen LogP contribution >= 0.6 is 0 Å². The average Bonchev–Trinajstić information content (AvgIpc) is 3.46. The number of pyridine rings is 1. The number of aryl methyl sites for hydroxylation is 1. The molecule has 3 unspecified atom stereocenters. The Kier molecular flexibility index (Phi) is 7.72. The van der Waals surface area contributed by atoms with Gasteiger partial charge in [0.2, 0.25) is 0 Å². The highest BCUT2D eigenvalue weighted by Crippen LogP contribution is 2.38. The van der Waals surface area contributed by atoms with E-state index in [-0.39, 0.29) is 25.0 Å². The summed E-state index contributed by atoms with van der Waals surface area (Å²) in [6.45, 7) is 8.58. The van der Waals surface area contributed by atoms with Gasteiger partial charge in [0, 0.05) is 49.7 Å². The van der Waals surface area contributed by atoms with Gasteiger partial charge in [-0.25, -0.2) is 4.79 Å². The first-order valence-corrected chi connectivity index (χ1v) is 14.1. The molecule has 3 aliphatic rings. The van der Waals surface area contributed by atoms with Crippen LogP contribution in [-0.2, 0) is 13.0 Å². The van der Waals surface area contributed by atoms with Gasteiger partial charge in [0.1, 0.15) is 0 Å². The minimum atomic E-state index is -4.26. The number of nitrogens with zero attached hydrogens (tertiary/aromatic N) is 3. The minimum Gasteiger partial charge on any atom is -0.324 e. The lowest BCUT2D eigenvalue weighted by Crippen LogP contribution is -2.51. The second-order valence-corrected chi connectivity index (χ2v) is 11.3. The van der Waals surface area contributed by atoms with Crippen LogP contribution < -0.4 is 5.32 Å². The van der Waals surface area contributed by atoms with Crippen molar-refractivity contribution in [3.8, 4) is 11.1 Å². The molecule has 0 spiro atoms. The number of amides is 2. The molecule has 1 N–H and O–H groups in total. The van der Waals surface area contributed by atoms with Crippen LogP contribution in [-0.4, -0.2) is 53.2 Å². The Bertz CT molecular complexity index is 1170. The lowest BCUT2D eigenvalue weighted by molar-refractivity contribution is -0.184. The number of urea groups is 1. The van der Waals surface area contributed by atoms with Crippen LogP contribution in [0.4, 0.5) is 18.0 Å². The van der Waals surface area contributed by atoms with Crippen molar-refractivity contribution >= 4 is 6.03 Å². The number of piperidine rings is 1. The van der Waals surface area contributed by atoms with Crippen LogP contribution in [0.3, 0.4) is 0 Å². The van der Waals surface area contributed by atoms with Gasteiger partial charge in [-0.1, -0.05) is 19.9 Å². The molecule has 3 atom stereocenters. The third kappa shape index (κ3) is 5.42. The molecular weight excluding hydrogens is 489 g/mol. The molecule has 0 bridgehead atoms. The molecule has 0 radical (unpaired) electrons. The highest BCUT2D eigenvalue weighted by atomic mass is 19.4. The first-order chi connectivity index (χ1) is 18.2. The highest BCUT2D eigenvalue weighted by Gasteiger charge is 2.43. The normalized spacial score (nSPS) is 22.9. The number of likely N-dealkylation sites (tertiary alicyclic amines) is 1. The SMILES string of the molecule is CCC(C)c1cc(-c2cc3c(c(C4CCCN4)c2)CN(C(=O)N2CCCC(C(F)(F)F)C2)CC3)cnc1C. The van der Waals surface area contributed by atoms with Crippen LogP contribution in [0.2, 0.25) is 0 Å². The summed E-state index contributed by atoms with van der Waals surface area (Å²) in [6.07, 6.45) is 2.08. The first kappa shape index (κ1) is 27.0. The summed E-state index contributed by atoms with van der Waals surface area (Å²) >= 11 is 0. The van der Waals surface area contributed by atoms with Crippen LogP contribution in [0.1, 0.15) is 85.9 Å². The number of halogens is 3. The standard InChI is InChI=1S/C30H39F3N4O/c1-4-19(2)25-15-23(16-35-20(25)3)22-13-21-9-12-37(18-27(21)26(14-22)28-8-5-10-34-28)29(38)36-11-6-7-24(17-36)30(31,32)33/h13-16,19,24,28,34H,4-12,17-18H2,1-3H3. The van der Waals surface area contributed by atoms with E-state index in [9.17, 15) is 18.0 Å². The molecule has 8 heteroatoms. The Morgan fingerprint density at radius 1 is 1.13 bits per heavy atom. The molecule has 4 heterocycles. The van der Waals surface area contributed by atoms with Crippen molar-refractivity contribution in [1.29, 1.82) is 0 Å². The molecule has 3 aliphatic heterocycles. The molecule has 0 aliphatic carbocycles. The van der Waals surface area contributed by atoms with Crippen molar-refractivity contribution in [1.82, 2.24) is 20.1 Å². The van der Waals surface area contributed by atoms with E-state index in [1.54, 1.807) is 4.90 Å². The fourth-order valence-corrected chi connectivity index (χ4v) is 6.33. The van der Waals surface area contributed by atoms with Crippen molar-refractivity contribution in [2.45, 2.75) is 84.0 Å². The van der Waals surface area contributed by atoms with Crippen molar-refractivity contribution in [2.24, 2.45) is 5.92 Å². The Labute approximate surface area is 223 Å². The van der Waals surface area contributed by atoms with Gasteiger partial charge in [0.05, 0.1) is 5.92 Å². The number of aromatic nitrogens is 1. The monoisotopic (exact) mass is 528 g/mol. The van der Waals surface area contributed by atoms with Crippen LogP contribution in [0.25, 0.3) is 11.1 Å². The van der Waals surface area contributed by atoms with Crippen molar-refractivity contribution in [3.63, 3.8) is 0 Å². The Morgan fingerprint density at radius 2 is 1.95 bits per heavy atom. The third-order valence-electron chi connectivity index (χ3n) is 8.84. The number of benzene rings is 1. The summed E-state index contributed by atoms with van der Waals surface area (Å²) in [4.78, 5) is 21.3. The maximum absolute atomic E-state index is 13.4. The van der Waals surface area contributed by atoms with Crippen molar-refractivity contribution < 1.29 is 18.0 Å². The number of fused-ring (bicyclic) bond motifs is 1. The molecule has 1 aromatic carbocycles. The van der Waals surface area contributed by atoms with E-state index in [1.807, 2.05) is 6.20 Å². The van der Waals surface area contributed by atoms with E-state index < -0.39 is 12.1 Å². The van der Waals surface area contributed by atoms with Gasteiger partial charge >= 0.3 is 12.2 Å². The molecule has 38 heavy (non-hydrogen) atoms. The van der Waals surface area contributed by atoms with Gasteiger partial charge in [0.25, 0.3) is 0 Å². The summed E-state index contributed by atoms with van der Waals surface area (Å²) in [6, 6.07) is 6.72. The molecule has 0 saturated carbocycles. The molecular formula is C30H39F3N4O. The fourth-order valence-electron chi connectivity index (χ4n) is 6.33. The van der Waals surface area contributed by atoms with Gasteiger partial charge < -0.3 is 15.1 Å². The molecule has 5 rings (SSSR count). The highest BCUT2D eigenvalue weighted by molar-refractivity contribution is 5.75. The molecule has 2 amide bonds. The zero-order valence-corrected chi connectivity index (χ0v) is 22.7. The Hall–Kier alpha value is -2.61. The molecule has 2 fully saturated rings. The largest absolute Gasteiger partial charge is 0.393 e. The van der Waals surface area contributed by atoms with E-state index in [0.29, 0.717) is 38.4 Å². The average molecular weight is 529 g/mol. The maximum atomic E-state index is 13.4. The summed E-state index contributed by atoms with van der Waals surface area (Å²) in [5.41, 5.74) is 8.19. The minimum absolute atomic E-state index is 0.100. The lowest BCUT2D eigenvalue weighted by atomic mass is 9.86. The number of rotatable bonds is 4. The molecule has 2 saturated heterocycles. The van der Waals surface area contributed by atoms with Gasteiger partial charge in [0.15, 0.2) is 0 Å². The summed E-state index contributed by atoms with van der Waals surface area (Å²) in [5.74, 6) is -0.996. The lowest BCUT2D eigenvalue weighted by Gasteiger charge is -2.39. The van der Waals surface area contributed by atoms with Gasteiger partial charge in [-0.2, -0.15) is 13.2 Å². The number of carbonyl (C=O) groups is 1. The second kappa shape index (κ2) is 10.9. The maximum Gasteiger partial charge on any atom is 0.393 e. The van der Waals surface area contributed by atoms with Crippen molar-refractivity contribution in [2.75, 3.05) is 26.2 Å². The first-order valence-electron chi connectivity index (χ1n) is 14.1. The Balaban J connectivity index is 1.45. The van der Waals surface area contributed by atoms with E-state index >= 15 is 0 Å². The third-order valence-corrected chi connectivity index (χ3v) is 8.84. The van der Waals surface area contributed by atoms with Gasteiger partial charge in [-0.3, -0.25) is 4.98 Å². The van der Waals surface area contributed by atoms with Crippen LogP contribution in [0.15, 0.2) is 24.4 Å². The predicted molar refractivity (Wildman–Crippen MR) is 143 cm³/mol. The predicted octanol–water partition coefficient (Wildman–Crippen LogP) is 6.75. The number of hydrogen-bond acceptors (Lipinski definition) is 3. The van der Waals surface area contributed by atoms with Crippen LogP contribution in [0.5, 0.6) is 0 Å². The molecule has 5 nitrogen and oxygen atoms in total. The second-order valence-electron chi connectivity index (χ2n) is 11.3.